The molecular formula is C22H25N3O5S. The third-order valence-electron chi connectivity index (χ3n) is 5.11. The third-order valence-corrected chi connectivity index (χ3v) is 6.12. The van der Waals surface area contributed by atoms with Crippen molar-refractivity contribution in [2.45, 2.75) is 25.7 Å². The maximum Gasteiger partial charge on any atom is 0.410 e. The number of nitrogens with one attached hydrogen (secondary N) is 1. The highest BCUT2D eigenvalue weighted by atomic mass is 32.1. The molecule has 0 bridgehead atoms. The van der Waals surface area contributed by atoms with Crippen molar-refractivity contribution in [2.75, 3.05) is 39.2 Å². The first-order valence-electron chi connectivity index (χ1n) is 9.81. The summed E-state index contributed by atoms with van der Waals surface area (Å²) >= 11 is 1.46. The number of rotatable bonds is 6. The number of hydrogen-bond acceptors (Lipinski definition) is 7. The van der Waals surface area contributed by atoms with E-state index in [0.717, 1.165) is 23.4 Å². The van der Waals surface area contributed by atoms with Crippen LogP contribution in [0, 0.1) is 19.3 Å². The smallest absolute Gasteiger partial charge is 0.410 e. The number of methoxy groups -OCH3 is 2. The summed E-state index contributed by atoms with van der Waals surface area (Å²) in [7, 11) is 3.11. The van der Waals surface area contributed by atoms with E-state index in [0.29, 0.717) is 36.0 Å². The zero-order valence-electron chi connectivity index (χ0n) is 17.8. The van der Waals surface area contributed by atoms with Gasteiger partial charge < -0.3 is 24.4 Å². The number of likely N-dealkylation sites (tertiary alicyclic amines) is 1. The van der Waals surface area contributed by atoms with Gasteiger partial charge in [-0.1, -0.05) is 5.92 Å². The Balaban J connectivity index is 1.62. The summed E-state index contributed by atoms with van der Waals surface area (Å²) in [5, 5.41) is 5.55. The number of anilines is 1. The molecular weight excluding hydrogens is 418 g/mol. The van der Waals surface area contributed by atoms with Crippen LogP contribution in [0.15, 0.2) is 17.5 Å². The lowest BCUT2D eigenvalue weighted by atomic mass is 9.98. The molecule has 1 aromatic carbocycles. The molecule has 1 fully saturated rings. The topological polar surface area (TPSA) is 90.0 Å². The van der Waals surface area contributed by atoms with Gasteiger partial charge in [-0.05, 0) is 31.4 Å². The van der Waals surface area contributed by atoms with Gasteiger partial charge >= 0.3 is 6.09 Å². The van der Waals surface area contributed by atoms with Crippen molar-refractivity contribution in [1.29, 1.82) is 0 Å². The van der Waals surface area contributed by atoms with E-state index in [1.165, 1.54) is 11.3 Å². The first kappa shape index (κ1) is 22.4. The molecule has 3 rings (SSSR count). The predicted molar refractivity (Wildman–Crippen MR) is 118 cm³/mol. The van der Waals surface area contributed by atoms with Crippen molar-refractivity contribution in [1.82, 2.24) is 9.88 Å². The second-order valence-electron chi connectivity index (χ2n) is 7.07. The number of piperidine rings is 1. The minimum atomic E-state index is -0.388. The molecule has 0 spiro atoms. The molecule has 164 valence electrons. The Bertz CT molecular complexity index is 990. The average molecular weight is 444 g/mol. The van der Waals surface area contributed by atoms with Gasteiger partial charge in [-0.2, -0.15) is 0 Å². The molecule has 1 N–H and O–H groups in total. The number of aryl methyl sites for hydroxylation is 1. The molecule has 0 unspecified atom stereocenters. The first-order valence-corrected chi connectivity index (χ1v) is 10.7. The van der Waals surface area contributed by atoms with Gasteiger partial charge in [0.1, 0.15) is 5.69 Å². The van der Waals surface area contributed by atoms with Gasteiger partial charge in [-0.25, -0.2) is 9.78 Å². The molecule has 1 aliphatic rings. The summed E-state index contributed by atoms with van der Waals surface area (Å²) in [4.78, 5) is 30.8. The monoisotopic (exact) mass is 443 g/mol. The fourth-order valence-electron chi connectivity index (χ4n) is 3.38. The molecule has 31 heavy (non-hydrogen) atoms. The molecule has 1 aromatic heterocycles. The van der Waals surface area contributed by atoms with Crippen LogP contribution in [0.3, 0.4) is 0 Å². The number of terminal acetylenes is 1. The molecule has 0 saturated carbocycles. The second-order valence-corrected chi connectivity index (χ2v) is 7.96. The second kappa shape index (κ2) is 10.2. The van der Waals surface area contributed by atoms with E-state index in [9.17, 15) is 9.59 Å². The fourth-order valence-corrected chi connectivity index (χ4v) is 4.36. The number of thiazole rings is 1. The number of carbonyl (C=O) groups is 2. The lowest BCUT2D eigenvalue weighted by Crippen LogP contribution is -2.38. The van der Waals surface area contributed by atoms with E-state index in [-0.39, 0.29) is 24.5 Å². The summed E-state index contributed by atoms with van der Waals surface area (Å²) in [6, 6.07) is 3.54. The van der Waals surface area contributed by atoms with Gasteiger partial charge in [0, 0.05) is 36.1 Å². The Morgan fingerprint density at radius 2 is 1.94 bits per heavy atom. The summed E-state index contributed by atoms with van der Waals surface area (Å²) in [5.41, 5.74) is 1.85. The van der Waals surface area contributed by atoms with Gasteiger partial charge in [0.2, 0.25) is 0 Å². The zero-order chi connectivity index (χ0) is 22.4. The first-order chi connectivity index (χ1) is 15.0. The minimum Gasteiger partial charge on any atom is -0.493 e. The van der Waals surface area contributed by atoms with Crippen LogP contribution in [0.25, 0.3) is 0 Å². The van der Waals surface area contributed by atoms with Gasteiger partial charge in [-0.15, -0.1) is 17.8 Å². The van der Waals surface area contributed by atoms with Crippen LogP contribution < -0.4 is 14.8 Å². The number of amides is 2. The summed E-state index contributed by atoms with van der Waals surface area (Å²) in [6.45, 7) is 3.00. The lowest BCUT2D eigenvalue weighted by molar-refractivity contribution is 0.102. The standard InChI is InChI=1S/C22H25N3O5S/c1-5-10-30-22(27)25-8-6-15(7-9-25)21-24-17(13-31-21)20(26)23-16-12-19(29-4)18(28-3)11-14(16)2/h1,11-13,15H,6-10H2,2-4H3,(H,23,26). The van der Waals surface area contributed by atoms with Crippen molar-refractivity contribution in [2.24, 2.45) is 0 Å². The van der Waals surface area contributed by atoms with Gasteiger partial charge in [-0.3, -0.25) is 4.79 Å². The van der Waals surface area contributed by atoms with E-state index in [1.807, 2.05) is 13.0 Å². The van der Waals surface area contributed by atoms with Crippen LogP contribution >= 0.6 is 11.3 Å². The number of aromatic nitrogens is 1. The Hall–Kier alpha value is -3.25. The Labute approximate surface area is 185 Å². The van der Waals surface area contributed by atoms with Crippen LogP contribution in [0.2, 0.25) is 0 Å². The van der Waals surface area contributed by atoms with E-state index in [1.54, 1.807) is 30.6 Å². The number of benzene rings is 1. The Morgan fingerprint density at radius 1 is 1.26 bits per heavy atom. The normalized spacial score (nSPS) is 13.9. The maximum absolute atomic E-state index is 12.7. The highest BCUT2D eigenvalue weighted by Crippen LogP contribution is 2.34. The van der Waals surface area contributed by atoms with Gasteiger partial charge in [0.15, 0.2) is 18.1 Å². The quantitative estimate of drug-likeness (QED) is 0.685. The maximum atomic E-state index is 12.7. The highest BCUT2D eigenvalue weighted by Gasteiger charge is 2.27. The lowest BCUT2D eigenvalue weighted by Gasteiger charge is -2.30. The van der Waals surface area contributed by atoms with E-state index in [2.05, 4.69) is 16.2 Å². The summed E-state index contributed by atoms with van der Waals surface area (Å²) in [6.07, 6.45) is 6.25. The van der Waals surface area contributed by atoms with Crippen molar-refractivity contribution in [3.05, 3.63) is 33.8 Å². The number of hydrogen-bond donors (Lipinski definition) is 1. The minimum absolute atomic E-state index is 0.0245. The Morgan fingerprint density at radius 3 is 2.58 bits per heavy atom. The molecule has 2 heterocycles. The zero-order valence-corrected chi connectivity index (χ0v) is 18.6. The third kappa shape index (κ3) is 5.27. The molecule has 0 radical (unpaired) electrons. The van der Waals surface area contributed by atoms with Crippen molar-refractivity contribution >= 4 is 29.0 Å². The molecule has 2 aromatic rings. The summed E-state index contributed by atoms with van der Waals surface area (Å²) < 4.78 is 15.6. The molecule has 9 heteroatoms. The number of nitrogens with zero attached hydrogens (tertiary/aromatic N) is 2. The van der Waals surface area contributed by atoms with Crippen molar-refractivity contribution < 1.29 is 23.8 Å². The molecule has 2 amide bonds. The average Bonchev–Trinajstić information content (AvgIpc) is 3.29. The fraction of sp³-hybridized carbons (Fsp3) is 0.409. The molecule has 0 aliphatic carbocycles. The predicted octanol–water partition coefficient (Wildman–Crippen LogP) is 3.67. The van der Waals surface area contributed by atoms with E-state index >= 15 is 0 Å². The van der Waals surface area contributed by atoms with Crippen molar-refractivity contribution in [3.63, 3.8) is 0 Å². The van der Waals surface area contributed by atoms with Crippen LogP contribution in [-0.4, -0.2) is 55.8 Å². The molecule has 0 atom stereocenters. The van der Waals surface area contributed by atoms with Crippen LogP contribution in [0.1, 0.15) is 39.8 Å². The van der Waals surface area contributed by atoms with Crippen LogP contribution in [-0.2, 0) is 4.74 Å². The van der Waals surface area contributed by atoms with Crippen molar-refractivity contribution in [3.8, 4) is 23.8 Å². The SMILES string of the molecule is C#CCOC(=O)N1CCC(c2nc(C(=O)Nc3cc(OC)c(OC)cc3C)cs2)CC1. The van der Waals surface area contributed by atoms with E-state index < -0.39 is 0 Å². The highest BCUT2D eigenvalue weighted by molar-refractivity contribution is 7.10. The molecule has 1 saturated heterocycles. The molecule has 8 nitrogen and oxygen atoms in total. The van der Waals surface area contributed by atoms with Gasteiger partial charge in [0.25, 0.3) is 5.91 Å². The van der Waals surface area contributed by atoms with Crippen LogP contribution in [0.4, 0.5) is 10.5 Å². The largest absolute Gasteiger partial charge is 0.493 e. The van der Waals surface area contributed by atoms with Gasteiger partial charge in [0.05, 0.1) is 19.2 Å². The Kier molecular flexibility index (Phi) is 7.36. The summed E-state index contributed by atoms with van der Waals surface area (Å²) in [5.74, 6) is 3.34. The van der Waals surface area contributed by atoms with E-state index in [4.69, 9.17) is 20.6 Å². The number of carbonyl (C=O) groups excluding carboxylic acids is 2. The van der Waals surface area contributed by atoms with Crippen LogP contribution in [0.5, 0.6) is 11.5 Å². The molecule has 1 aliphatic heterocycles. The number of ether oxygens (including phenoxy) is 3.